The first kappa shape index (κ1) is 16.7. The van der Waals surface area contributed by atoms with E-state index < -0.39 is 0 Å². The van der Waals surface area contributed by atoms with Gasteiger partial charge in [-0.1, -0.05) is 29.8 Å². The predicted octanol–water partition coefficient (Wildman–Crippen LogP) is 3.74. The molecule has 1 heterocycles. The van der Waals surface area contributed by atoms with Crippen LogP contribution in [0, 0.1) is 0 Å². The molecular formula is C18H15ClN4O2. The van der Waals surface area contributed by atoms with Gasteiger partial charge in [0.05, 0.1) is 22.5 Å². The number of aromatic nitrogens is 2. The summed E-state index contributed by atoms with van der Waals surface area (Å²) < 4.78 is 1.55. The Balaban J connectivity index is 1.76. The summed E-state index contributed by atoms with van der Waals surface area (Å²) in [6.45, 7) is 1.42. The summed E-state index contributed by atoms with van der Waals surface area (Å²) >= 11 is 6.14. The van der Waals surface area contributed by atoms with Crippen LogP contribution in [0.4, 0.5) is 11.4 Å². The second-order valence-corrected chi connectivity index (χ2v) is 5.75. The van der Waals surface area contributed by atoms with E-state index in [0.29, 0.717) is 27.6 Å². The van der Waals surface area contributed by atoms with Crippen LogP contribution in [0.2, 0.25) is 5.02 Å². The zero-order valence-corrected chi connectivity index (χ0v) is 14.1. The molecule has 0 unspecified atom stereocenters. The van der Waals surface area contributed by atoms with Gasteiger partial charge in [-0.25, -0.2) is 4.68 Å². The molecule has 25 heavy (non-hydrogen) atoms. The lowest BCUT2D eigenvalue weighted by Gasteiger charge is -2.07. The molecule has 0 bridgehead atoms. The van der Waals surface area contributed by atoms with Crippen molar-refractivity contribution in [2.24, 2.45) is 0 Å². The Labute approximate surface area is 149 Å². The van der Waals surface area contributed by atoms with Gasteiger partial charge in [0.15, 0.2) is 0 Å². The highest BCUT2D eigenvalue weighted by Crippen LogP contribution is 2.20. The largest absolute Gasteiger partial charge is 0.326 e. The number of halogens is 1. The van der Waals surface area contributed by atoms with Crippen LogP contribution in [0.3, 0.4) is 0 Å². The Bertz CT molecular complexity index is 936. The zero-order chi connectivity index (χ0) is 17.8. The lowest BCUT2D eigenvalue weighted by atomic mass is 10.2. The molecule has 0 spiro atoms. The first-order chi connectivity index (χ1) is 12.0. The van der Waals surface area contributed by atoms with Gasteiger partial charge in [0.1, 0.15) is 0 Å². The fraction of sp³-hybridized carbons (Fsp3) is 0.0556. The van der Waals surface area contributed by atoms with E-state index in [0.717, 1.165) is 0 Å². The summed E-state index contributed by atoms with van der Waals surface area (Å²) in [5, 5.41) is 10.2. The van der Waals surface area contributed by atoms with Crippen molar-refractivity contribution in [1.29, 1.82) is 0 Å². The van der Waals surface area contributed by atoms with E-state index in [1.807, 2.05) is 18.2 Å². The van der Waals surface area contributed by atoms with Crippen LogP contribution in [0.1, 0.15) is 17.3 Å². The average Bonchev–Trinajstić information content (AvgIpc) is 3.05. The van der Waals surface area contributed by atoms with Crippen LogP contribution in [0.25, 0.3) is 5.69 Å². The van der Waals surface area contributed by atoms with Gasteiger partial charge in [0, 0.05) is 24.5 Å². The van der Waals surface area contributed by atoms with Gasteiger partial charge in [-0.2, -0.15) is 5.10 Å². The van der Waals surface area contributed by atoms with Crippen molar-refractivity contribution in [3.63, 3.8) is 0 Å². The molecule has 6 nitrogen and oxygen atoms in total. The number of rotatable bonds is 4. The first-order valence-electron chi connectivity index (χ1n) is 7.51. The lowest BCUT2D eigenvalue weighted by molar-refractivity contribution is -0.114. The molecule has 0 atom stereocenters. The molecule has 7 heteroatoms. The van der Waals surface area contributed by atoms with Gasteiger partial charge in [0.2, 0.25) is 5.91 Å². The smallest absolute Gasteiger partial charge is 0.258 e. The highest BCUT2D eigenvalue weighted by molar-refractivity contribution is 6.32. The second kappa shape index (κ2) is 7.19. The maximum atomic E-state index is 12.4. The third-order valence-electron chi connectivity index (χ3n) is 3.38. The number of anilines is 2. The standard InChI is InChI=1S/C18H15ClN4O2/c1-12(24)21-14-5-4-6-15(9-14)22-18(25)13-10-20-23(11-13)17-8-3-2-7-16(17)19/h2-11H,1H3,(H,21,24)(H,22,25). The highest BCUT2D eigenvalue weighted by atomic mass is 35.5. The van der Waals surface area contributed by atoms with Gasteiger partial charge >= 0.3 is 0 Å². The van der Waals surface area contributed by atoms with Crippen molar-refractivity contribution < 1.29 is 9.59 Å². The first-order valence-corrected chi connectivity index (χ1v) is 7.89. The zero-order valence-electron chi connectivity index (χ0n) is 13.4. The summed E-state index contributed by atoms with van der Waals surface area (Å²) in [6.07, 6.45) is 3.07. The molecule has 0 saturated carbocycles. The minimum atomic E-state index is -0.307. The van der Waals surface area contributed by atoms with Gasteiger partial charge in [0.25, 0.3) is 5.91 Å². The van der Waals surface area contributed by atoms with Crippen LogP contribution in [-0.4, -0.2) is 21.6 Å². The molecule has 0 aliphatic rings. The van der Waals surface area contributed by atoms with E-state index in [1.54, 1.807) is 41.2 Å². The number of hydrogen-bond donors (Lipinski definition) is 2. The number of carbonyl (C=O) groups is 2. The number of amides is 2. The van der Waals surface area contributed by atoms with Crippen molar-refractivity contribution in [3.05, 3.63) is 71.5 Å². The number of nitrogens with one attached hydrogen (secondary N) is 2. The quantitative estimate of drug-likeness (QED) is 0.749. The SMILES string of the molecule is CC(=O)Nc1cccc(NC(=O)c2cnn(-c3ccccc3Cl)c2)c1. The van der Waals surface area contributed by atoms with E-state index in [-0.39, 0.29) is 11.8 Å². The number of carbonyl (C=O) groups excluding carboxylic acids is 2. The van der Waals surface area contributed by atoms with E-state index in [9.17, 15) is 9.59 Å². The summed E-state index contributed by atoms with van der Waals surface area (Å²) in [5.41, 5.74) is 2.26. The topological polar surface area (TPSA) is 76.0 Å². The molecule has 126 valence electrons. The molecule has 0 aliphatic heterocycles. The molecule has 0 fully saturated rings. The molecule has 0 radical (unpaired) electrons. The molecular weight excluding hydrogens is 340 g/mol. The van der Waals surface area contributed by atoms with E-state index >= 15 is 0 Å². The molecule has 1 aromatic heterocycles. The molecule has 0 aliphatic carbocycles. The molecule has 3 rings (SSSR count). The lowest BCUT2D eigenvalue weighted by Crippen LogP contribution is -2.12. The Morgan fingerprint density at radius 1 is 1.04 bits per heavy atom. The van der Waals surface area contributed by atoms with Gasteiger partial charge in [-0.15, -0.1) is 0 Å². The third-order valence-corrected chi connectivity index (χ3v) is 3.70. The molecule has 2 N–H and O–H groups in total. The normalized spacial score (nSPS) is 10.3. The van der Waals surface area contributed by atoms with Crippen molar-refractivity contribution in [2.45, 2.75) is 6.92 Å². The summed E-state index contributed by atoms with van der Waals surface area (Å²) in [4.78, 5) is 23.5. The molecule has 0 saturated heterocycles. The van der Waals surface area contributed by atoms with Crippen molar-refractivity contribution in [1.82, 2.24) is 9.78 Å². The highest BCUT2D eigenvalue weighted by Gasteiger charge is 2.11. The van der Waals surface area contributed by atoms with Crippen molar-refractivity contribution in [3.8, 4) is 5.69 Å². The summed E-state index contributed by atoms with van der Waals surface area (Å²) in [5.74, 6) is -0.484. The number of nitrogens with zero attached hydrogens (tertiary/aromatic N) is 2. The maximum absolute atomic E-state index is 12.4. The van der Waals surface area contributed by atoms with Crippen LogP contribution >= 0.6 is 11.6 Å². The van der Waals surface area contributed by atoms with Crippen molar-refractivity contribution >= 4 is 34.8 Å². The number of benzene rings is 2. The van der Waals surface area contributed by atoms with Gasteiger partial charge in [-0.05, 0) is 30.3 Å². The number of para-hydroxylation sites is 1. The average molecular weight is 355 g/mol. The van der Waals surface area contributed by atoms with Crippen LogP contribution in [0.5, 0.6) is 0 Å². The van der Waals surface area contributed by atoms with Crippen LogP contribution in [-0.2, 0) is 4.79 Å². The van der Waals surface area contributed by atoms with Crippen molar-refractivity contribution in [2.75, 3.05) is 10.6 Å². The Morgan fingerprint density at radius 3 is 2.48 bits per heavy atom. The Hall–Kier alpha value is -3.12. The predicted molar refractivity (Wildman–Crippen MR) is 97.3 cm³/mol. The van der Waals surface area contributed by atoms with Crippen LogP contribution in [0.15, 0.2) is 60.9 Å². The Morgan fingerprint density at radius 2 is 1.76 bits per heavy atom. The fourth-order valence-electron chi connectivity index (χ4n) is 2.29. The number of hydrogen-bond acceptors (Lipinski definition) is 3. The third kappa shape index (κ3) is 4.05. The van der Waals surface area contributed by atoms with Gasteiger partial charge in [-0.3, -0.25) is 9.59 Å². The second-order valence-electron chi connectivity index (χ2n) is 5.34. The summed E-state index contributed by atoms with van der Waals surface area (Å²) in [7, 11) is 0. The molecule has 3 aromatic rings. The molecule has 2 aromatic carbocycles. The summed E-state index contributed by atoms with van der Waals surface area (Å²) in [6, 6.07) is 14.1. The minimum absolute atomic E-state index is 0.176. The Kier molecular flexibility index (Phi) is 4.81. The van der Waals surface area contributed by atoms with Gasteiger partial charge < -0.3 is 10.6 Å². The monoisotopic (exact) mass is 354 g/mol. The minimum Gasteiger partial charge on any atom is -0.326 e. The van der Waals surface area contributed by atoms with E-state index in [1.165, 1.54) is 13.1 Å². The van der Waals surface area contributed by atoms with E-state index in [4.69, 9.17) is 11.6 Å². The maximum Gasteiger partial charge on any atom is 0.258 e. The van der Waals surface area contributed by atoms with E-state index in [2.05, 4.69) is 15.7 Å². The fourth-order valence-corrected chi connectivity index (χ4v) is 2.51. The van der Waals surface area contributed by atoms with Crippen LogP contribution < -0.4 is 10.6 Å². The molecule has 2 amide bonds.